The van der Waals surface area contributed by atoms with Crippen LogP contribution in [0.4, 0.5) is 0 Å². The first-order chi connectivity index (χ1) is 11.5. The van der Waals surface area contributed by atoms with Gasteiger partial charge in [0.2, 0.25) is 0 Å². The largest absolute Gasteiger partial charge is 0.495 e. The van der Waals surface area contributed by atoms with Gasteiger partial charge in [-0.05, 0) is 56.9 Å². The van der Waals surface area contributed by atoms with Crippen LogP contribution >= 0.6 is 0 Å². The standard InChI is InChI=1S/C20H30O4/c1-19-11-9-17-15(16(19)7-8-18(19)21)6-5-14(24-17)4-3-10-20(2)22-12-13-23-20/h14,16H,3-13H2,1-2H3/t14?,16?,19-/m0/s1. The Morgan fingerprint density at radius 1 is 1.08 bits per heavy atom. The van der Waals surface area contributed by atoms with Crippen molar-refractivity contribution in [3.8, 4) is 0 Å². The number of fused-ring (bicyclic) bond motifs is 2. The highest BCUT2D eigenvalue weighted by atomic mass is 16.7. The van der Waals surface area contributed by atoms with Gasteiger partial charge in [-0.25, -0.2) is 0 Å². The first kappa shape index (κ1) is 16.6. The number of ketones is 1. The third kappa shape index (κ3) is 2.82. The van der Waals surface area contributed by atoms with Crippen molar-refractivity contribution in [2.24, 2.45) is 11.3 Å². The van der Waals surface area contributed by atoms with Gasteiger partial charge in [-0.15, -0.1) is 0 Å². The van der Waals surface area contributed by atoms with Crippen molar-refractivity contribution in [1.29, 1.82) is 0 Å². The Balaban J connectivity index is 1.34. The lowest BCUT2D eigenvalue weighted by Crippen LogP contribution is -2.36. The summed E-state index contributed by atoms with van der Waals surface area (Å²) in [5, 5.41) is 0. The Kier molecular flexibility index (Phi) is 4.24. The van der Waals surface area contributed by atoms with Crippen molar-refractivity contribution in [3.63, 3.8) is 0 Å². The molecule has 2 unspecified atom stereocenters. The molecule has 0 aromatic rings. The van der Waals surface area contributed by atoms with Gasteiger partial charge in [0.1, 0.15) is 5.78 Å². The van der Waals surface area contributed by atoms with Crippen LogP contribution in [0.25, 0.3) is 0 Å². The lowest BCUT2D eigenvalue weighted by molar-refractivity contribution is -0.148. The van der Waals surface area contributed by atoms with Crippen LogP contribution in [-0.4, -0.2) is 30.9 Å². The molecule has 4 nitrogen and oxygen atoms in total. The van der Waals surface area contributed by atoms with E-state index in [2.05, 4.69) is 6.92 Å². The third-order valence-electron chi connectivity index (χ3n) is 6.82. The molecule has 134 valence electrons. The number of hydrogen-bond donors (Lipinski definition) is 0. The minimum absolute atomic E-state index is 0.0965. The Bertz CT molecular complexity index is 546. The summed E-state index contributed by atoms with van der Waals surface area (Å²) in [6.07, 6.45) is 9.36. The summed E-state index contributed by atoms with van der Waals surface area (Å²) >= 11 is 0. The number of hydrogen-bond acceptors (Lipinski definition) is 4. The molecule has 4 heteroatoms. The van der Waals surface area contributed by atoms with Crippen LogP contribution in [0.3, 0.4) is 0 Å². The van der Waals surface area contributed by atoms with Crippen molar-refractivity contribution in [2.45, 2.75) is 83.5 Å². The lowest BCUT2D eigenvalue weighted by atomic mass is 9.66. The topological polar surface area (TPSA) is 44.8 Å². The molecule has 0 aromatic carbocycles. The number of allylic oxidation sites excluding steroid dienone is 2. The molecule has 1 saturated carbocycles. The summed E-state index contributed by atoms with van der Waals surface area (Å²) in [5.74, 6) is 1.78. The van der Waals surface area contributed by atoms with Crippen LogP contribution in [0.2, 0.25) is 0 Å². The molecule has 2 aliphatic carbocycles. The predicted octanol–water partition coefficient (Wildman–Crippen LogP) is 4.13. The minimum atomic E-state index is -0.379. The molecular formula is C20H30O4. The molecule has 2 aliphatic heterocycles. The van der Waals surface area contributed by atoms with Gasteiger partial charge in [0, 0.05) is 24.7 Å². The Morgan fingerprint density at radius 3 is 2.67 bits per heavy atom. The average Bonchev–Trinajstić information content (AvgIpc) is 3.12. The fourth-order valence-electron chi connectivity index (χ4n) is 5.25. The summed E-state index contributed by atoms with van der Waals surface area (Å²) in [6.45, 7) is 5.66. The molecule has 24 heavy (non-hydrogen) atoms. The molecule has 2 heterocycles. The lowest BCUT2D eigenvalue weighted by Gasteiger charge is -2.41. The Morgan fingerprint density at radius 2 is 1.88 bits per heavy atom. The van der Waals surface area contributed by atoms with E-state index in [1.807, 2.05) is 6.92 Å². The van der Waals surface area contributed by atoms with Gasteiger partial charge in [-0.3, -0.25) is 4.79 Å². The zero-order valence-electron chi connectivity index (χ0n) is 15.1. The molecule has 1 saturated heterocycles. The first-order valence-corrected chi connectivity index (χ1v) is 9.70. The van der Waals surface area contributed by atoms with Crippen molar-refractivity contribution in [1.82, 2.24) is 0 Å². The second-order valence-corrected chi connectivity index (χ2v) is 8.38. The molecular weight excluding hydrogens is 304 g/mol. The maximum absolute atomic E-state index is 12.3. The molecule has 0 spiro atoms. The minimum Gasteiger partial charge on any atom is -0.495 e. The Labute approximate surface area is 144 Å². The zero-order chi connectivity index (χ0) is 16.8. The van der Waals surface area contributed by atoms with E-state index in [-0.39, 0.29) is 11.2 Å². The maximum atomic E-state index is 12.3. The Hall–Kier alpha value is -0.870. The van der Waals surface area contributed by atoms with Crippen molar-refractivity contribution >= 4 is 5.78 Å². The summed E-state index contributed by atoms with van der Waals surface area (Å²) in [5.41, 5.74) is 1.38. The smallest absolute Gasteiger partial charge is 0.165 e. The third-order valence-corrected chi connectivity index (χ3v) is 6.82. The van der Waals surface area contributed by atoms with Gasteiger partial charge in [0.25, 0.3) is 0 Å². The summed E-state index contributed by atoms with van der Waals surface area (Å²) in [7, 11) is 0. The quantitative estimate of drug-likeness (QED) is 0.775. The van der Waals surface area contributed by atoms with Crippen molar-refractivity contribution < 1.29 is 19.0 Å². The van der Waals surface area contributed by atoms with Gasteiger partial charge in [-0.1, -0.05) is 6.92 Å². The van der Waals surface area contributed by atoms with Gasteiger partial charge in [0.15, 0.2) is 5.79 Å². The predicted molar refractivity (Wildman–Crippen MR) is 90.4 cm³/mol. The molecule has 3 atom stereocenters. The summed E-state index contributed by atoms with van der Waals surface area (Å²) in [4.78, 5) is 12.3. The van der Waals surface area contributed by atoms with Gasteiger partial charge >= 0.3 is 0 Å². The molecule has 0 aromatic heterocycles. The summed E-state index contributed by atoms with van der Waals surface area (Å²) in [6, 6.07) is 0. The number of ether oxygens (including phenoxy) is 3. The van der Waals surface area contributed by atoms with Crippen LogP contribution in [0.15, 0.2) is 11.3 Å². The van der Waals surface area contributed by atoms with E-state index < -0.39 is 0 Å². The van der Waals surface area contributed by atoms with E-state index >= 15 is 0 Å². The number of carbonyl (C=O) groups excluding carboxylic acids is 1. The summed E-state index contributed by atoms with van der Waals surface area (Å²) < 4.78 is 17.7. The molecule has 2 fully saturated rings. The van der Waals surface area contributed by atoms with Crippen LogP contribution in [0.5, 0.6) is 0 Å². The van der Waals surface area contributed by atoms with Gasteiger partial charge in [-0.2, -0.15) is 0 Å². The maximum Gasteiger partial charge on any atom is 0.165 e. The van der Waals surface area contributed by atoms with E-state index in [4.69, 9.17) is 14.2 Å². The molecule has 0 bridgehead atoms. The van der Waals surface area contributed by atoms with E-state index in [0.717, 1.165) is 57.8 Å². The molecule has 4 rings (SSSR count). The van der Waals surface area contributed by atoms with Gasteiger partial charge in [0.05, 0.1) is 25.1 Å². The highest BCUT2D eigenvalue weighted by molar-refractivity contribution is 5.87. The zero-order valence-corrected chi connectivity index (χ0v) is 15.1. The van der Waals surface area contributed by atoms with Crippen molar-refractivity contribution in [2.75, 3.05) is 13.2 Å². The van der Waals surface area contributed by atoms with E-state index in [9.17, 15) is 4.79 Å². The second kappa shape index (κ2) is 6.14. The molecule has 4 aliphatic rings. The highest BCUT2D eigenvalue weighted by Gasteiger charge is 2.51. The van der Waals surface area contributed by atoms with E-state index in [0.29, 0.717) is 31.0 Å². The number of rotatable bonds is 4. The van der Waals surface area contributed by atoms with Gasteiger partial charge < -0.3 is 14.2 Å². The fourth-order valence-corrected chi connectivity index (χ4v) is 5.25. The van der Waals surface area contributed by atoms with Crippen molar-refractivity contribution in [3.05, 3.63) is 11.3 Å². The monoisotopic (exact) mass is 334 g/mol. The normalized spacial score (nSPS) is 38.0. The van der Waals surface area contributed by atoms with Crippen LogP contribution < -0.4 is 0 Å². The number of Topliss-reactive ketones (excluding diaryl/α,β-unsaturated/α-hetero) is 1. The van der Waals surface area contributed by atoms with Crippen LogP contribution in [0, 0.1) is 11.3 Å². The molecule has 0 radical (unpaired) electrons. The number of carbonyl (C=O) groups is 1. The average molecular weight is 334 g/mol. The van der Waals surface area contributed by atoms with E-state index in [1.54, 1.807) is 0 Å². The first-order valence-electron chi connectivity index (χ1n) is 9.70. The molecule has 0 amide bonds. The SMILES string of the molecule is CC1(CCCC2CCC3=C(CC[C@]4(C)C(=O)CCC34)O2)OCCO1. The molecule has 0 N–H and O–H groups in total. The highest BCUT2D eigenvalue weighted by Crippen LogP contribution is 2.54. The van der Waals surface area contributed by atoms with E-state index in [1.165, 1.54) is 11.3 Å². The fraction of sp³-hybridized carbons (Fsp3) is 0.850. The van der Waals surface area contributed by atoms with Crippen LogP contribution in [-0.2, 0) is 19.0 Å². The van der Waals surface area contributed by atoms with Crippen LogP contribution in [0.1, 0.15) is 71.6 Å². The second-order valence-electron chi connectivity index (χ2n) is 8.38.